The molecule has 0 saturated heterocycles. The average molecular weight is 222 g/mol. The fourth-order valence-electron chi connectivity index (χ4n) is 1.26. The molecule has 1 aliphatic rings. The molecular formula is C9H16ClNO3. The highest BCUT2D eigenvalue weighted by Crippen LogP contribution is 2.40. The molecule has 14 heavy (non-hydrogen) atoms. The van der Waals surface area contributed by atoms with Crippen LogP contribution in [-0.4, -0.2) is 25.1 Å². The van der Waals surface area contributed by atoms with Crippen molar-refractivity contribution in [3.63, 3.8) is 0 Å². The van der Waals surface area contributed by atoms with Crippen molar-refractivity contribution in [1.82, 2.24) is 0 Å². The van der Waals surface area contributed by atoms with E-state index in [2.05, 4.69) is 0 Å². The number of carbonyl (C=O) groups excluding carboxylic acids is 1. The standard InChI is InChI=1S/C9H15NO3.ClH/c1-3-12-8(10)6-5-7(6)9(11)13-4-2;/h6-7,10H,3-5H2,1-2H3;1H/t6-,7-;/m1./s1. The molecule has 0 aromatic rings. The highest BCUT2D eigenvalue weighted by Gasteiger charge is 2.48. The van der Waals surface area contributed by atoms with Gasteiger partial charge in [0.2, 0.25) is 0 Å². The predicted octanol–water partition coefficient (Wildman–Crippen LogP) is 1.62. The highest BCUT2D eigenvalue weighted by molar-refractivity contribution is 5.88. The van der Waals surface area contributed by atoms with Crippen LogP contribution in [0.25, 0.3) is 0 Å². The lowest BCUT2D eigenvalue weighted by Gasteiger charge is -2.03. The Balaban J connectivity index is 0.00000169. The molecule has 0 aromatic heterocycles. The summed E-state index contributed by atoms with van der Waals surface area (Å²) in [6.07, 6.45) is 0.706. The summed E-state index contributed by atoms with van der Waals surface area (Å²) in [7, 11) is 0. The number of nitrogens with one attached hydrogen (secondary N) is 1. The maximum absolute atomic E-state index is 11.1. The molecule has 5 heteroatoms. The summed E-state index contributed by atoms with van der Waals surface area (Å²) in [6, 6.07) is 0. The zero-order chi connectivity index (χ0) is 9.84. The largest absolute Gasteiger partial charge is 0.481 e. The topological polar surface area (TPSA) is 59.4 Å². The number of halogens is 1. The SMILES string of the molecule is CCOC(=N)[C@@H]1C[C@H]1C(=O)OCC.Cl. The van der Waals surface area contributed by atoms with E-state index in [4.69, 9.17) is 14.9 Å². The molecule has 0 bridgehead atoms. The van der Waals surface area contributed by atoms with Gasteiger partial charge in [-0.2, -0.15) is 0 Å². The van der Waals surface area contributed by atoms with E-state index in [9.17, 15) is 4.79 Å². The molecule has 1 fully saturated rings. The van der Waals surface area contributed by atoms with Gasteiger partial charge in [0.25, 0.3) is 0 Å². The zero-order valence-electron chi connectivity index (χ0n) is 8.41. The second-order valence-corrected chi connectivity index (χ2v) is 3.00. The van der Waals surface area contributed by atoms with E-state index in [0.29, 0.717) is 19.6 Å². The molecule has 0 spiro atoms. The molecule has 82 valence electrons. The molecule has 2 atom stereocenters. The van der Waals surface area contributed by atoms with Crippen molar-refractivity contribution in [2.45, 2.75) is 20.3 Å². The van der Waals surface area contributed by atoms with Crippen LogP contribution in [0.1, 0.15) is 20.3 Å². The summed E-state index contributed by atoms with van der Waals surface area (Å²) in [4.78, 5) is 11.1. The lowest BCUT2D eigenvalue weighted by Crippen LogP contribution is -2.13. The van der Waals surface area contributed by atoms with Gasteiger partial charge in [0, 0.05) is 5.92 Å². The van der Waals surface area contributed by atoms with E-state index < -0.39 is 0 Å². The van der Waals surface area contributed by atoms with Gasteiger partial charge in [0.15, 0.2) is 5.90 Å². The van der Waals surface area contributed by atoms with Crippen LogP contribution in [-0.2, 0) is 14.3 Å². The van der Waals surface area contributed by atoms with Crippen molar-refractivity contribution < 1.29 is 14.3 Å². The molecule has 0 aliphatic heterocycles. The second kappa shape index (κ2) is 5.86. The van der Waals surface area contributed by atoms with E-state index in [-0.39, 0.29) is 36.1 Å². The molecular weight excluding hydrogens is 206 g/mol. The minimum absolute atomic E-state index is 0. The molecule has 0 aromatic carbocycles. The third kappa shape index (κ3) is 3.18. The molecule has 4 nitrogen and oxygen atoms in total. The first kappa shape index (κ1) is 13.2. The van der Waals surface area contributed by atoms with Crippen molar-refractivity contribution in [3.05, 3.63) is 0 Å². The van der Waals surface area contributed by atoms with Gasteiger partial charge < -0.3 is 9.47 Å². The lowest BCUT2D eigenvalue weighted by atomic mass is 10.3. The Morgan fingerprint density at radius 1 is 1.29 bits per heavy atom. The Labute approximate surface area is 89.9 Å². The monoisotopic (exact) mass is 221 g/mol. The quantitative estimate of drug-likeness (QED) is 0.446. The fourth-order valence-corrected chi connectivity index (χ4v) is 1.26. The van der Waals surface area contributed by atoms with Crippen LogP contribution >= 0.6 is 12.4 Å². The minimum Gasteiger partial charge on any atom is -0.481 e. The minimum atomic E-state index is -0.197. The average Bonchev–Trinajstić information content (AvgIpc) is 2.84. The first-order valence-electron chi connectivity index (χ1n) is 4.58. The third-order valence-electron chi connectivity index (χ3n) is 2.02. The number of rotatable bonds is 4. The molecule has 0 unspecified atom stereocenters. The first-order chi connectivity index (χ1) is 6.20. The van der Waals surface area contributed by atoms with Crippen LogP contribution in [0.2, 0.25) is 0 Å². The summed E-state index contributed by atoms with van der Waals surface area (Å²) < 4.78 is 9.83. The fraction of sp³-hybridized carbons (Fsp3) is 0.778. The van der Waals surface area contributed by atoms with Crippen molar-refractivity contribution >= 4 is 24.3 Å². The smallest absolute Gasteiger partial charge is 0.309 e. The summed E-state index contributed by atoms with van der Waals surface area (Å²) >= 11 is 0. The van der Waals surface area contributed by atoms with Gasteiger partial charge >= 0.3 is 5.97 Å². The zero-order valence-corrected chi connectivity index (χ0v) is 9.23. The molecule has 0 amide bonds. The van der Waals surface area contributed by atoms with Crippen LogP contribution in [0, 0.1) is 17.2 Å². The van der Waals surface area contributed by atoms with Gasteiger partial charge in [-0.05, 0) is 20.3 Å². The normalized spacial score (nSPS) is 23.3. The Kier molecular flexibility index (Phi) is 5.53. The number of hydrogen-bond acceptors (Lipinski definition) is 4. The molecule has 0 radical (unpaired) electrons. The second-order valence-electron chi connectivity index (χ2n) is 3.00. The van der Waals surface area contributed by atoms with Crippen LogP contribution in [0.15, 0.2) is 0 Å². The van der Waals surface area contributed by atoms with E-state index in [1.807, 2.05) is 6.92 Å². The van der Waals surface area contributed by atoms with Crippen molar-refractivity contribution in [2.24, 2.45) is 11.8 Å². The van der Waals surface area contributed by atoms with Crippen molar-refractivity contribution in [2.75, 3.05) is 13.2 Å². The van der Waals surface area contributed by atoms with Crippen LogP contribution in [0.3, 0.4) is 0 Å². The van der Waals surface area contributed by atoms with Gasteiger partial charge in [0.1, 0.15) is 0 Å². The maximum Gasteiger partial charge on any atom is 0.309 e. The number of hydrogen-bond donors (Lipinski definition) is 1. The molecule has 1 saturated carbocycles. The van der Waals surface area contributed by atoms with Crippen LogP contribution < -0.4 is 0 Å². The van der Waals surface area contributed by atoms with Gasteiger partial charge in [-0.15, -0.1) is 12.4 Å². The number of esters is 1. The summed E-state index contributed by atoms with van der Waals surface area (Å²) in [6.45, 7) is 4.51. The van der Waals surface area contributed by atoms with Crippen LogP contribution in [0.5, 0.6) is 0 Å². The van der Waals surface area contributed by atoms with Crippen LogP contribution in [0.4, 0.5) is 0 Å². The van der Waals surface area contributed by atoms with E-state index >= 15 is 0 Å². The van der Waals surface area contributed by atoms with E-state index in [0.717, 1.165) is 0 Å². The Morgan fingerprint density at radius 2 is 1.86 bits per heavy atom. The Hall–Kier alpha value is -0.770. The predicted molar refractivity (Wildman–Crippen MR) is 54.8 cm³/mol. The summed E-state index contributed by atoms with van der Waals surface area (Å²) in [5.41, 5.74) is 0. The van der Waals surface area contributed by atoms with Gasteiger partial charge in [-0.25, -0.2) is 0 Å². The van der Waals surface area contributed by atoms with Crippen molar-refractivity contribution in [3.8, 4) is 0 Å². The Bertz CT molecular complexity index is 198. The summed E-state index contributed by atoms with van der Waals surface area (Å²) in [5, 5.41) is 7.43. The molecule has 1 N–H and O–H groups in total. The summed E-state index contributed by atoms with van der Waals surface area (Å²) in [5.74, 6) is -0.129. The molecule has 0 heterocycles. The maximum atomic E-state index is 11.1. The molecule has 1 aliphatic carbocycles. The van der Waals surface area contributed by atoms with Gasteiger partial charge in [0.05, 0.1) is 19.1 Å². The van der Waals surface area contributed by atoms with Crippen molar-refractivity contribution in [1.29, 1.82) is 5.41 Å². The lowest BCUT2D eigenvalue weighted by molar-refractivity contribution is -0.144. The van der Waals surface area contributed by atoms with E-state index in [1.165, 1.54) is 0 Å². The Morgan fingerprint density at radius 3 is 2.36 bits per heavy atom. The van der Waals surface area contributed by atoms with E-state index in [1.54, 1.807) is 6.92 Å². The molecule has 1 rings (SSSR count). The first-order valence-corrected chi connectivity index (χ1v) is 4.58. The highest BCUT2D eigenvalue weighted by atomic mass is 35.5. The van der Waals surface area contributed by atoms with Gasteiger partial charge in [-0.3, -0.25) is 10.2 Å². The number of carbonyl (C=O) groups is 1. The third-order valence-corrected chi connectivity index (χ3v) is 2.02. The van der Waals surface area contributed by atoms with Gasteiger partial charge in [-0.1, -0.05) is 0 Å². The number of ether oxygens (including phenoxy) is 2.